The first-order valence-corrected chi connectivity index (χ1v) is 8.49. The van der Waals surface area contributed by atoms with E-state index in [-0.39, 0.29) is 5.91 Å². The van der Waals surface area contributed by atoms with E-state index < -0.39 is 5.91 Å². The van der Waals surface area contributed by atoms with Crippen molar-refractivity contribution < 1.29 is 9.59 Å². The van der Waals surface area contributed by atoms with Gasteiger partial charge in [-0.05, 0) is 18.2 Å². The number of H-pyrrole nitrogens is 1. The van der Waals surface area contributed by atoms with E-state index >= 15 is 0 Å². The van der Waals surface area contributed by atoms with E-state index in [4.69, 9.17) is 5.73 Å². The number of pyridine rings is 1. The first-order chi connectivity index (χ1) is 12.6. The molecular formula is C19H19N5O2. The highest BCUT2D eigenvalue weighted by Gasteiger charge is 2.25. The Morgan fingerprint density at radius 3 is 2.58 bits per heavy atom. The third kappa shape index (κ3) is 2.88. The molecule has 7 nitrogen and oxygen atoms in total. The van der Waals surface area contributed by atoms with E-state index in [2.05, 4.69) is 14.9 Å². The van der Waals surface area contributed by atoms with Crippen LogP contribution in [0.25, 0.3) is 10.9 Å². The van der Waals surface area contributed by atoms with E-state index in [1.54, 1.807) is 12.3 Å². The molecule has 2 amide bonds. The first kappa shape index (κ1) is 16.1. The van der Waals surface area contributed by atoms with E-state index in [1.165, 1.54) is 6.20 Å². The highest BCUT2D eigenvalue weighted by atomic mass is 16.2. The van der Waals surface area contributed by atoms with Gasteiger partial charge in [0.05, 0.1) is 11.3 Å². The second-order valence-corrected chi connectivity index (χ2v) is 6.31. The number of hydrogen-bond acceptors (Lipinski definition) is 4. The molecule has 3 heterocycles. The largest absolute Gasteiger partial charge is 0.367 e. The fourth-order valence-electron chi connectivity index (χ4n) is 3.36. The lowest BCUT2D eigenvalue weighted by Gasteiger charge is -2.36. The van der Waals surface area contributed by atoms with Crippen LogP contribution in [0.2, 0.25) is 0 Å². The fourth-order valence-corrected chi connectivity index (χ4v) is 3.36. The first-order valence-electron chi connectivity index (χ1n) is 8.49. The Bertz CT molecular complexity index is 940. The molecule has 1 aliphatic rings. The van der Waals surface area contributed by atoms with E-state index in [0.717, 1.165) is 16.6 Å². The number of primary amides is 1. The molecule has 3 aromatic rings. The summed E-state index contributed by atoms with van der Waals surface area (Å²) in [5.74, 6) is -0.504. The Hall–Kier alpha value is -3.35. The molecule has 132 valence electrons. The van der Waals surface area contributed by atoms with Gasteiger partial charge < -0.3 is 20.5 Å². The number of benzene rings is 1. The number of carbonyl (C=O) groups is 2. The van der Waals surface area contributed by atoms with Crippen molar-refractivity contribution in [3.63, 3.8) is 0 Å². The minimum atomic E-state index is -0.496. The smallest absolute Gasteiger partial charge is 0.270 e. The van der Waals surface area contributed by atoms with Gasteiger partial charge in [-0.3, -0.25) is 14.6 Å². The van der Waals surface area contributed by atoms with Gasteiger partial charge in [0, 0.05) is 49.5 Å². The number of aromatic amines is 1. The second-order valence-electron chi connectivity index (χ2n) is 6.31. The Balaban J connectivity index is 1.48. The molecule has 0 radical (unpaired) electrons. The van der Waals surface area contributed by atoms with Crippen molar-refractivity contribution in [1.82, 2.24) is 14.9 Å². The molecule has 1 aliphatic heterocycles. The summed E-state index contributed by atoms with van der Waals surface area (Å²) in [7, 11) is 0. The van der Waals surface area contributed by atoms with Crippen molar-refractivity contribution in [1.29, 1.82) is 0 Å². The predicted molar refractivity (Wildman–Crippen MR) is 99.2 cm³/mol. The lowest BCUT2D eigenvalue weighted by Crippen LogP contribution is -2.49. The molecule has 3 N–H and O–H groups in total. The SMILES string of the molecule is NC(=O)c1cnccc1N1CCN(C(=O)c2cc3ccccc3[nH]2)CC1. The van der Waals surface area contributed by atoms with Gasteiger partial charge >= 0.3 is 0 Å². The summed E-state index contributed by atoms with van der Waals surface area (Å²) in [5, 5.41) is 1.03. The van der Waals surface area contributed by atoms with Crippen LogP contribution in [0.3, 0.4) is 0 Å². The van der Waals surface area contributed by atoms with Gasteiger partial charge in [0.2, 0.25) is 0 Å². The van der Waals surface area contributed by atoms with Crippen LogP contribution in [0.15, 0.2) is 48.8 Å². The van der Waals surface area contributed by atoms with Crippen LogP contribution < -0.4 is 10.6 Å². The van der Waals surface area contributed by atoms with Gasteiger partial charge in [0.25, 0.3) is 11.8 Å². The van der Waals surface area contributed by atoms with Crippen LogP contribution in [0, 0.1) is 0 Å². The number of fused-ring (bicyclic) bond motifs is 1. The normalized spacial score (nSPS) is 14.6. The molecule has 26 heavy (non-hydrogen) atoms. The summed E-state index contributed by atoms with van der Waals surface area (Å²) in [6.07, 6.45) is 3.13. The number of nitrogens with zero attached hydrogens (tertiary/aromatic N) is 3. The topological polar surface area (TPSA) is 95.3 Å². The molecule has 1 saturated heterocycles. The fraction of sp³-hybridized carbons (Fsp3) is 0.211. The summed E-state index contributed by atoms with van der Waals surface area (Å²) >= 11 is 0. The Labute approximate surface area is 150 Å². The molecule has 1 fully saturated rings. The molecule has 7 heteroatoms. The monoisotopic (exact) mass is 349 g/mol. The minimum Gasteiger partial charge on any atom is -0.367 e. The predicted octanol–water partition coefficient (Wildman–Crippen LogP) is 1.62. The summed E-state index contributed by atoms with van der Waals surface area (Å²) in [6, 6.07) is 11.5. The Morgan fingerprint density at radius 2 is 1.85 bits per heavy atom. The van der Waals surface area contributed by atoms with Gasteiger partial charge in [-0.2, -0.15) is 0 Å². The highest BCUT2D eigenvalue weighted by molar-refractivity contribution is 5.99. The lowest BCUT2D eigenvalue weighted by atomic mass is 10.1. The second kappa shape index (κ2) is 6.51. The number of nitrogens with one attached hydrogen (secondary N) is 1. The van der Waals surface area contributed by atoms with Crippen molar-refractivity contribution in [2.45, 2.75) is 0 Å². The number of rotatable bonds is 3. The van der Waals surface area contributed by atoms with Crippen LogP contribution in [-0.2, 0) is 0 Å². The molecule has 4 rings (SSSR count). The van der Waals surface area contributed by atoms with Gasteiger partial charge in [0.1, 0.15) is 5.69 Å². The van der Waals surface area contributed by atoms with Crippen LogP contribution >= 0.6 is 0 Å². The third-order valence-corrected chi connectivity index (χ3v) is 4.73. The molecule has 0 unspecified atom stereocenters. The summed E-state index contributed by atoms with van der Waals surface area (Å²) in [4.78, 5) is 35.4. The zero-order valence-electron chi connectivity index (χ0n) is 14.2. The standard InChI is InChI=1S/C19H19N5O2/c20-18(25)14-12-21-6-5-17(14)23-7-9-24(10-8-23)19(26)16-11-13-3-1-2-4-15(13)22-16/h1-6,11-12,22H,7-10H2,(H2,20,25). The molecule has 0 bridgehead atoms. The zero-order valence-corrected chi connectivity index (χ0v) is 14.2. The number of anilines is 1. The van der Waals surface area contributed by atoms with Crippen LogP contribution in [0.4, 0.5) is 5.69 Å². The van der Waals surface area contributed by atoms with Crippen molar-refractivity contribution in [2.24, 2.45) is 5.73 Å². The summed E-state index contributed by atoms with van der Waals surface area (Å²) in [6.45, 7) is 2.43. The molecule has 2 aromatic heterocycles. The number of para-hydroxylation sites is 1. The number of amides is 2. The average Bonchev–Trinajstić information content (AvgIpc) is 3.12. The average molecular weight is 349 g/mol. The van der Waals surface area contributed by atoms with Crippen molar-refractivity contribution in [3.8, 4) is 0 Å². The quantitative estimate of drug-likeness (QED) is 0.751. The molecule has 0 atom stereocenters. The van der Waals surface area contributed by atoms with Crippen molar-refractivity contribution in [2.75, 3.05) is 31.1 Å². The van der Waals surface area contributed by atoms with Crippen molar-refractivity contribution in [3.05, 3.63) is 60.0 Å². The molecule has 1 aromatic carbocycles. The number of piperazine rings is 1. The van der Waals surface area contributed by atoms with Gasteiger partial charge in [-0.25, -0.2) is 0 Å². The third-order valence-electron chi connectivity index (χ3n) is 4.73. The minimum absolute atomic E-state index is 0.00861. The molecule has 0 spiro atoms. The Morgan fingerprint density at radius 1 is 1.08 bits per heavy atom. The molecular weight excluding hydrogens is 330 g/mol. The summed E-state index contributed by atoms with van der Waals surface area (Å²) < 4.78 is 0. The zero-order chi connectivity index (χ0) is 18.1. The maximum Gasteiger partial charge on any atom is 0.270 e. The maximum atomic E-state index is 12.8. The molecule has 0 aliphatic carbocycles. The number of hydrogen-bond donors (Lipinski definition) is 2. The van der Waals surface area contributed by atoms with Crippen molar-refractivity contribution >= 4 is 28.4 Å². The van der Waals surface area contributed by atoms with Crippen LogP contribution in [-0.4, -0.2) is 52.9 Å². The maximum absolute atomic E-state index is 12.8. The van der Waals surface area contributed by atoms with Gasteiger partial charge in [-0.1, -0.05) is 18.2 Å². The molecule has 0 saturated carbocycles. The summed E-state index contributed by atoms with van der Waals surface area (Å²) in [5.41, 5.74) is 8.16. The number of aromatic nitrogens is 2. The number of carbonyl (C=O) groups excluding carboxylic acids is 2. The van der Waals surface area contributed by atoms with Crippen LogP contribution in [0.1, 0.15) is 20.8 Å². The van der Waals surface area contributed by atoms with Gasteiger partial charge in [-0.15, -0.1) is 0 Å². The lowest BCUT2D eigenvalue weighted by molar-refractivity contribution is 0.0741. The van der Waals surface area contributed by atoms with Crippen LogP contribution in [0.5, 0.6) is 0 Å². The van der Waals surface area contributed by atoms with E-state index in [1.807, 2.05) is 35.2 Å². The van der Waals surface area contributed by atoms with E-state index in [0.29, 0.717) is 37.4 Å². The van der Waals surface area contributed by atoms with Gasteiger partial charge in [0.15, 0.2) is 0 Å². The Kier molecular flexibility index (Phi) is 4.04. The number of nitrogens with two attached hydrogens (primary N) is 1. The van der Waals surface area contributed by atoms with E-state index in [9.17, 15) is 9.59 Å². The highest BCUT2D eigenvalue weighted by Crippen LogP contribution is 2.22.